The molecule has 0 unspecified atom stereocenters. The third-order valence-corrected chi connectivity index (χ3v) is 7.17. The van der Waals surface area contributed by atoms with Gasteiger partial charge in [0.2, 0.25) is 0 Å². The zero-order chi connectivity index (χ0) is 21.8. The second-order valence-corrected chi connectivity index (χ2v) is 9.27. The minimum Gasteiger partial charge on any atom is -0.297 e. The predicted octanol–water partition coefficient (Wildman–Crippen LogP) is 5.31. The summed E-state index contributed by atoms with van der Waals surface area (Å²) >= 11 is 3.54. The van der Waals surface area contributed by atoms with Crippen molar-refractivity contribution in [2.75, 3.05) is 13.1 Å². The first-order valence-electron chi connectivity index (χ1n) is 11.0. The van der Waals surface area contributed by atoms with Gasteiger partial charge in [0.1, 0.15) is 10.3 Å². The number of rotatable bonds is 7. The van der Waals surface area contributed by atoms with Crippen LogP contribution in [-0.2, 0) is 20.0 Å². The van der Waals surface area contributed by atoms with Crippen LogP contribution in [0.15, 0.2) is 63.9 Å². The van der Waals surface area contributed by atoms with Gasteiger partial charge in [-0.1, -0.05) is 36.8 Å². The largest absolute Gasteiger partial charge is 0.297 e. The molecule has 31 heavy (non-hydrogen) atoms. The van der Waals surface area contributed by atoms with Crippen molar-refractivity contribution in [3.8, 4) is 5.69 Å². The van der Waals surface area contributed by atoms with E-state index in [9.17, 15) is 9.18 Å². The van der Waals surface area contributed by atoms with Crippen molar-refractivity contribution < 1.29 is 4.39 Å². The topological polar surface area (TPSA) is 30.2 Å². The molecule has 2 heterocycles. The van der Waals surface area contributed by atoms with Crippen molar-refractivity contribution in [3.63, 3.8) is 0 Å². The minimum absolute atomic E-state index is 0.0177. The third kappa shape index (κ3) is 5.18. The molecule has 0 atom stereocenters. The number of nitrogens with zero attached hydrogens (tertiary/aromatic N) is 3. The van der Waals surface area contributed by atoms with Crippen LogP contribution in [0, 0.1) is 11.7 Å². The molecular formula is C25H29BrFN3O. The Kier molecular flexibility index (Phi) is 7.08. The summed E-state index contributed by atoms with van der Waals surface area (Å²) in [7, 11) is 1.95. The van der Waals surface area contributed by atoms with E-state index in [0.717, 1.165) is 55.3 Å². The highest BCUT2D eigenvalue weighted by atomic mass is 79.9. The number of hydrogen-bond acceptors (Lipinski definition) is 2. The van der Waals surface area contributed by atoms with Crippen molar-refractivity contribution in [1.29, 1.82) is 0 Å². The predicted molar refractivity (Wildman–Crippen MR) is 126 cm³/mol. The fourth-order valence-electron chi connectivity index (χ4n) is 4.58. The standard InChI is InChI=1S/C25H29BrFN3O/c1-28-23(24(26)25(31)30(28)22-11-3-2-4-12-22)18-29-15-13-19(14-16-29)7-5-8-20-9-6-10-21(27)17-20/h2-4,6,9-12,17,19H,5,7-8,13-16,18H2,1H3. The van der Waals surface area contributed by atoms with Crippen LogP contribution in [0.25, 0.3) is 5.69 Å². The molecule has 1 aliphatic rings. The van der Waals surface area contributed by atoms with E-state index in [1.807, 2.05) is 48.1 Å². The molecule has 2 aromatic carbocycles. The molecule has 1 aromatic heterocycles. The lowest BCUT2D eigenvalue weighted by atomic mass is 9.90. The molecule has 3 aromatic rings. The fraction of sp³-hybridized carbons (Fsp3) is 0.400. The average Bonchev–Trinajstić information content (AvgIpc) is 2.99. The van der Waals surface area contributed by atoms with Crippen LogP contribution >= 0.6 is 15.9 Å². The molecule has 1 aliphatic heterocycles. The van der Waals surface area contributed by atoms with Crippen LogP contribution in [0.3, 0.4) is 0 Å². The van der Waals surface area contributed by atoms with Gasteiger partial charge in [0.05, 0.1) is 11.4 Å². The SMILES string of the molecule is Cn1c(CN2CCC(CCCc3cccc(F)c3)CC2)c(Br)c(=O)n1-c1ccccc1. The van der Waals surface area contributed by atoms with Gasteiger partial charge < -0.3 is 0 Å². The summed E-state index contributed by atoms with van der Waals surface area (Å²) in [5.41, 5.74) is 2.96. The summed E-state index contributed by atoms with van der Waals surface area (Å²) in [6.45, 7) is 2.85. The molecule has 0 spiro atoms. The summed E-state index contributed by atoms with van der Waals surface area (Å²) in [6.07, 6.45) is 5.59. The van der Waals surface area contributed by atoms with Gasteiger partial charge >= 0.3 is 0 Å². The molecule has 4 rings (SSSR count). The molecule has 0 amide bonds. The molecular weight excluding hydrogens is 457 g/mol. The van der Waals surface area contributed by atoms with Gasteiger partial charge in [-0.25, -0.2) is 9.07 Å². The van der Waals surface area contributed by atoms with E-state index in [-0.39, 0.29) is 11.4 Å². The van der Waals surface area contributed by atoms with Crippen LogP contribution in [0.1, 0.15) is 36.9 Å². The Balaban J connectivity index is 1.32. The number of halogens is 2. The average molecular weight is 486 g/mol. The number of piperidine rings is 1. The first-order valence-corrected chi connectivity index (χ1v) is 11.8. The summed E-state index contributed by atoms with van der Waals surface area (Å²) in [5, 5.41) is 0. The lowest BCUT2D eigenvalue weighted by Gasteiger charge is -2.32. The Morgan fingerprint density at radius 2 is 1.81 bits per heavy atom. The number of benzene rings is 2. The normalized spacial score (nSPS) is 15.5. The lowest BCUT2D eigenvalue weighted by molar-refractivity contribution is 0.167. The Morgan fingerprint density at radius 3 is 2.52 bits per heavy atom. The monoisotopic (exact) mass is 485 g/mol. The maximum Gasteiger partial charge on any atom is 0.286 e. The van der Waals surface area contributed by atoms with Crippen molar-refractivity contribution >= 4 is 15.9 Å². The maximum absolute atomic E-state index is 13.3. The van der Waals surface area contributed by atoms with Crippen LogP contribution < -0.4 is 5.56 Å². The minimum atomic E-state index is -0.146. The van der Waals surface area contributed by atoms with Crippen molar-refractivity contribution in [1.82, 2.24) is 14.3 Å². The summed E-state index contributed by atoms with van der Waals surface area (Å²) in [5.74, 6) is 0.582. The molecule has 164 valence electrons. The van der Waals surface area contributed by atoms with E-state index < -0.39 is 0 Å². The number of aryl methyl sites for hydroxylation is 1. The van der Waals surface area contributed by atoms with Crippen LogP contribution in [0.2, 0.25) is 0 Å². The van der Waals surface area contributed by atoms with Gasteiger partial charge in [-0.15, -0.1) is 0 Å². The zero-order valence-corrected chi connectivity index (χ0v) is 19.5. The van der Waals surface area contributed by atoms with Gasteiger partial charge in [-0.3, -0.25) is 14.4 Å². The quantitative estimate of drug-likeness (QED) is 0.453. The van der Waals surface area contributed by atoms with Crippen molar-refractivity contribution in [2.45, 2.75) is 38.6 Å². The highest BCUT2D eigenvalue weighted by Gasteiger charge is 2.23. The van der Waals surface area contributed by atoms with Crippen LogP contribution in [0.4, 0.5) is 4.39 Å². The van der Waals surface area contributed by atoms with Crippen molar-refractivity contribution in [3.05, 3.63) is 86.5 Å². The molecule has 1 fully saturated rings. The Hall–Kier alpha value is -2.18. The van der Waals surface area contributed by atoms with E-state index in [1.54, 1.807) is 16.8 Å². The number of aromatic nitrogens is 2. The first kappa shape index (κ1) is 22.0. The Bertz CT molecular complexity index is 1070. The third-order valence-electron chi connectivity index (χ3n) is 6.37. The van der Waals surface area contributed by atoms with Crippen LogP contribution in [-0.4, -0.2) is 27.4 Å². The smallest absolute Gasteiger partial charge is 0.286 e. The van der Waals surface area contributed by atoms with Crippen molar-refractivity contribution in [2.24, 2.45) is 13.0 Å². The van der Waals surface area contributed by atoms with Gasteiger partial charge in [0.25, 0.3) is 5.56 Å². The highest BCUT2D eigenvalue weighted by molar-refractivity contribution is 9.10. The second kappa shape index (κ2) is 9.96. The number of likely N-dealkylation sites (tertiary alicyclic amines) is 1. The fourth-order valence-corrected chi connectivity index (χ4v) is 5.13. The van der Waals surface area contributed by atoms with Crippen LogP contribution in [0.5, 0.6) is 0 Å². The molecule has 0 N–H and O–H groups in total. The first-order chi connectivity index (χ1) is 15.0. The lowest BCUT2D eigenvalue weighted by Crippen LogP contribution is -2.34. The molecule has 1 saturated heterocycles. The summed E-state index contributed by atoms with van der Waals surface area (Å²) in [4.78, 5) is 15.3. The molecule has 6 heteroatoms. The maximum atomic E-state index is 13.3. The van der Waals surface area contributed by atoms with E-state index in [4.69, 9.17) is 0 Å². The summed E-state index contributed by atoms with van der Waals surface area (Å²) in [6, 6.07) is 16.7. The van der Waals surface area contributed by atoms with Gasteiger partial charge in [-0.05, 0) is 90.4 Å². The van der Waals surface area contributed by atoms with Gasteiger partial charge in [0.15, 0.2) is 0 Å². The molecule has 0 radical (unpaired) electrons. The zero-order valence-electron chi connectivity index (χ0n) is 17.9. The number of para-hydroxylation sites is 1. The molecule has 4 nitrogen and oxygen atoms in total. The number of hydrogen-bond donors (Lipinski definition) is 0. The van der Waals surface area contributed by atoms with E-state index in [2.05, 4.69) is 20.8 Å². The second-order valence-electron chi connectivity index (χ2n) is 8.48. The Labute approximate surface area is 191 Å². The molecule has 0 aliphatic carbocycles. The Morgan fingerprint density at radius 1 is 1.06 bits per heavy atom. The van der Waals surface area contributed by atoms with Gasteiger partial charge in [0, 0.05) is 13.6 Å². The van der Waals surface area contributed by atoms with E-state index in [1.165, 1.54) is 25.3 Å². The summed E-state index contributed by atoms with van der Waals surface area (Å²) < 4.78 is 17.7. The highest BCUT2D eigenvalue weighted by Crippen LogP contribution is 2.25. The molecule has 0 saturated carbocycles. The van der Waals surface area contributed by atoms with Gasteiger partial charge in [-0.2, -0.15) is 0 Å². The van der Waals surface area contributed by atoms with E-state index >= 15 is 0 Å². The van der Waals surface area contributed by atoms with E-state index in [0.29, 0.717) is 4.47 Å². The molecule has 0 bridgehead atoms.